The molecule has 0 saturated heterocycles. The van der Waals surface area contributed by atoms with Crippen molar-refractivity contribution in [2.75, 3.05) is 13.7 Å². The lowest BCUT2D eigenvalue weighted by Gasteiger charge is -2.54. The van der Waals surface area contributed by atoms with E-state index in [9.17, 15) is 4.55 Å². The van der Waals surface area contributed by atoms with Gasteiger partial charge in [-0.3, -0.25) is 0 Å². The average molecular weight is 513 g/mol. The van der Waals surface area contributed by atoms with E-state index in [4.69, 9.17) is 9.47 Å². The zero-order valence-electron chi connectivity index (χ0n) is 20.0. The first-order valence-electron chi connectivity index (χ1n) is 11.3. The van der Waals surface area contributed by atoms with Crippen LogP contribution >= 0.6 is 15.9 Å². The highest BCUT2D eigenvalue weighted by atomic mass is 79.9. The second-order valence-corrected chi connectivity index (χ2v) is 13.3. The summed E-state index contributed by atoms with van der Waals surface area (Å²) in [4.78, 5) is 0. The van der Waals surface area contributed by atoms with E-state index in [0.29, 0.717) is 24.2 Å². The molecule has 0 aromatic heterocycles. The highest BCUT2D eigenvalue weighted by molar-refractivity contribution is 9.10. The molecule has 3 rings (SSSR count). The molecule has 1 N–H and O–H groups in total. The van der Waals surface area contributed by atoms with Crippen molar-refractivity contribution >= 4 is 27.3 Å². The summed E-state index contributed by atoms with van der Waals surface area (Å²) in [7, 11) is 1.81. The molecule has 2 aliphatic rings. The van der Waals surface area contributed by atoms with E-state index in [1.165, 1.54) is 5.56 Å². The molecule has 6 atom stereocenters. The van der Waals surface area contributed by atoms with Crippen molar-refractivity contribution in [2.45, 2.75) is 77.2 Å². The van der Waals surface area contributed by atoms with Crippen LogP contribution < -0.4 is 4.72 Å². The fourth-order valence-corrected chi connectivity index (χ4v) is 7.49. The number of rotatable bonds is 6. The molecule has 31 heavy (non-hydrogen) atoms. The summed E-state index contributed by atoms with van der Waals surface area (Å²) in [5.74, 6) is 1.40. The summed E-state index contributed by atoms with van der Waals surface area (Å²) < 4.78 is 29.8. The summed E-state index contributed by atoms with van der Waals surface area (Å²) >= 11 is 2.37. The third kappa shape index (κ3) is 4.23. The molecule has 1 unspecified atom stereocenters. The number of nitrogens with one attached hydrogen (secondary N) is 1. The van der Waals surface area contributed by atoms with E-state index < -0.39 is 21.6 Å². The Hall–Kier alpha value is -0.530. The SMILES string of the molecule is C=C(OCC)[C@]1(N[S+]([O-])C(C)(C)C)c2cc(Br)ccc2C[C@@]12C[C@@H](C)[C@H](OC)[C@@H](C)C2. The molecular formula is C25H38BrNO3S. The second kappa shape index (κ2) is 9.02. The minimum Gasteiger partial charge on any atom is -0.598 e. The van der Waals surface area contributed by atoms with Crippen LogP contribution in [0.4, 0.5) is 0 Å². The summed E-state index contributed by atoms with van der Waals surface area (Å²) in [5.41, 5.74) is 1.48. The summed E-state index contributed by atoms with van der Waals surface area (Å²) in [5, 5.41) is 0. The van der Waals surface area contributed by atoms with E-state index in [1.807, 2.05) is 34.8 Å². The van der Waals surface area contributed by atoms with E-state index in [-0.39, 0.29) is 11.5 Å². The van der Waals surface area contributed by atoms with Gasteiger partial charge in [-0.25, -0.2) is 0 Å². The number of ether oxygens (including phenoxy) is 2. The van der Waals surface area contributed by atoms with Crippen LogP contribution in [0.15, 0.2) is 35.0 Å². The molecular weight excluding hydrogens is 474 g/mol. The molecule has 0 aliphatic heterocycles. The largest absolute Gasteiger partial charge is 0.598 e. The predicted octanol–water partition coefficient (Wildman–Crippen LogP) is 5.87. The molecule has 0 radical (unpaired) electrons. The number of hydrogen-bond acceptors (Lipinski definition) is 4. The second-order valence-electron chi connectivity index (χ2n) is 10.4. The predicted molar refractivity (Wildman–Crippen MR) is 132 cm³/mol. The molecule has 0 heterocycles. The first-order chi connectivity index (χ1) is 14.4. The first kappa shape index (κ1) is 25.1. The number of fused-ring (bicyclic) bond motifs is 1. The van der Waals surface area contributed by atoms with Gasteiger partial charge in [0.1, 0.15) is 10.5 Å². The molecule has 1 spiro atoms. The molecule has 6 heteroatoms. The van der Waals surface area contributed by atoms with Crippen molar-refractivity contribution in [3.05, 3.63) is 46.1 Å². The molecule has 0 bridgehead atoms. The number of hydrogen-bond donors (Lipinski definition) is 1. The third-order valence-electron chi connectivity index (χ3n) is 7.16. The van der Waals surface area contributed by atoms with Crippen molar-refractivity contribution in [1.29, 1.82) is 0 Å². The Kier molecular flexibility index (Phi) is 7.30. The Bertz CT molecular complexity index is 811. The smallest absolute Gasteiger partial charge is 0.151 e. The number of methoxy groups -OCH3 is 1. The molecule has 0 amide bonds. The lowest BCUT2D eigenvalue weighted by Crippen LogP contribution is -2.62. The minimum atomic E-state index is -1.30. The highest BCUT2D eigenvalue weighted by Crippen LogP contribution is 2.63. The molecule has 1 aromatic rings. The van der Waals surface area contributed by atoms with Gasteiger partial charge in [-0.05, 0) is 82.1 Å². The van der Waals surface area contributed by atoms with Gasteiger partial charge in [0.2, 0.25) is 0 Å². The lowest BCUT2D eigenvalue weighted by molar-refractivity contribution is -0.0803. The van der Waals surface area contributed by atoms with Gasteiger partial charge < -0.3 is 14.0 Å². The van der Waals surface area contributed by atoms with Crippen LogP contribution in [0.25, 0.3) is 0 Å². The van der Waals surface area contributed by atoms with Crippen LogP contribution in [0.2, 0.25) is 0 Å². The topological polar surface area (TPSA) is 53.5 Å². The molecule has 1 saturated carbocycles. The lowest BCUT2D eigenvalue weighted by atomic mass is 9.56. The highest BCUT2D eigenvalue weighted by Gasteiger charge is 2.65. The Balaban J connectivity index is 2.25. The van der Waals surface area contributed by atoms with Gasteiger partial charge in [0.25, 0.3) is 0 Å². The number of benzene rings is 1. The monoisotopic (exact) mass is 511 g/mol. The van der Waals surface area contributed by atoms with Crippen LogP contribution in [-0.2, 0) is 32.8 Å². The van der Waals surface area contributed by atoms with Gasteiger partial charge in [-0.1, -0.05) is 42.4 Å². The van der Waals surface area contributed by atoms with E-state index in [0.717, 1.165) is 29.3 Å². The zero-order valence-corrected chi connectivity index (χ0v) is 22.4. The molecule has 174 valence electrons. The maximum absolute atomic E-state index is 13.6. The molecule has 1 fully saturated rings. The normalized spacial score (nSPS) is 33.9. The third-order valence-corrected chi connectivity index (χ3v) is 9.26. The van der Waals surface area contributed by atoms with Crippen LogP contribution in [0, 0.1) is 17.3 Å². The van der Waals surface area contributed by atoms with Crippen LogP contribution in [0.5, 0.6) is 0 Å². The van der Waals surface area contributed by atoms with Gasteiger partial charge in [0, 0.05) is 28.4 Å². The van der Waals surface area contributed by atoms with Crippen LogP contribution in [0.1, 0.15) is 65.5 Å². The van der Waals surface area contributed by atoms with Crippen molar-refractivity contribution in [3.63, 3.8) is 0 Å². The summed E-state index contributed by atoms with van der Waals surface area (Å²) in [6, 6.07) is 6.46. The van der Waals surface area contributed by atoms with Crippen molar-refractivity contribution in [2.24, 2.45) is 17.3 Å². The Morgan fingerprint density at radius 2 is 1.90 bits per heavy atom. The van der Waals surface area contributed by atoms with Gasteiger partial charge in [-0.15, -0.1) is 4.72 Å². The Morgan fingerprint density at radius 3 is 2.42 bits per heavy atom. The maximum Gasteiger partial charge on any atom is 0.151 e. The maximum atomic E-state index is 13.6. The van der Waals surface area contributed by atoms with Crippen LogP contribution in [-0.4, -0.2) is 29.1 Å². The van der Waals surface area contributed by atoms with Gasteiger partial charge >= 0.3 is 0 Å². The average Bonchev–Trinajstić information content (AvgIpc) is 2.90. The quantitative estimate of drug-likeness (QED) is 0.383. The Labute approximate surface area is 200 Å². The fourth-order valence-electron chi connectivity index (χ4n) is 6.10. The fraction of sp³-hybridized carbons (Fsp3) is 0.680. The minimum absolute atomic E-state index is 0.197. The molecule has 2 aliphatic carbocycles. The zero-order chi connectivity index (χ0) is 23.2. The van der Waals surface area contributed by atoms with Gasteiger partial charge in [0.05, 0.1) is 12.7 Å². The molecule has 1 aromatic carbocycles. The number of halogens is 1. The first-order valence-corrected chi connectivity index (χ1v) is 13.2. The van der Waals surface area contributed by atoms with Gasteiger partial charge in [0.15, 0.2) is 5.54 Å². The Morgan fingerprint density at radius 1 is 1.29 bits per heavy atom. The van der Waals surface area contributed by atoms with E-state index >= 15 is 0 Å². The van der Waals surface area contributed by atoms with Crippen molar-refractivity contribution in [3.8, 4) is 0 Å². The summed E-state index contributed by atoms with van der Waals surface area (Å²) in [6.07, 6.45) is 3.01. The van der Waals surface area contributed by atoms with Gasteiger partial charge in [-0.2, -0.15) is 0 Å². The summed E-state index contributed by atoms with van der Waals surface area (Å²) in [6.45, 7) is 17.5. The standard InChI is InChI=1S/C25H38BrNO3S/c1-9-30-18(4)25(27-31(28)23(5,6)7)21-12-20(26)11-10-19(21)15-24(25)13-16(2)22(29-8)17(3)14-24/h10-12,16-17,22,27H,4,9,13-15H2,1-3,5-8H3/t16-,17+,22+,24+,25-,31?/m0/s1. The molecule has 4 nitrogen and oxygen atoms in total. The van der Waals surface area contributed by atoms with Crippen LogP contribution in [0.3, 0.4) is 0 Å². The van der Waals surface area contributed by atoms with Crippen molar-refractivity contribution < 1.29 is 14.0 Å². The van der Waals surface area contributed by atoms with Crippen molar-refractivity contribution in [1.82, 2.24) is 4.72 Å². The van der Waals surface area contributed by atoms with E-state index in [1.54, 1.807) is 0 Å². The van der Waals surface area contributed by atoms with E-state index in [2.05, 4.69) is 59.3 Å².